The number of hydrogen-bond acceptors (Lipinski definition) is 5. The van der Waals surface area contributed by atoms with Crippen molar-refractivity contribution in [1.29, 1.82) is 0 Å². The minimum absolute atomic E-state index is 0.182. The maximum atomic E-state index is 10.8. The Bertz CT molecular complexity index is 525. The topological polar surface area (TPSA) is 88.9 Å². The third-order valence-corrected chi connectivity index (χ3v) is 1.95. The molecule has 0 saturated heterocycles. The molecule has 0 atom stereocenters. The molecular weight excluding hydrogens is 208 g/mol. The van der Waals surface area contributed by atoms with Crippen molar-refractivity contribution < 1.29 is 9.90 Å². The number of aromatic nitrogens is 4. The van der Waals surface area contributed by atoms with Crippen LogP contribution in [0.5, 0.6) is 0 Å². The number of nitrogens with zero attached hydrogens (tertiary/aromatic N) is 4. The Morgan fingerprint density at radius 1 is 1.19 bits per heavy atom. The molecule has 0 aliphatic heterocycles. The van der Waals surface area contributed by atoms with Crippen LogP contribution in [0.1, 0.15) is 16.2 Å². The van der Waals surface area contributed by atoms with Gasteiger partial charge in [-0.1, -0.05) is 12.1 Å². The Morgan fingerprint density at radius 2 is 1.88 bits per heavy atom. The second-order valence-corrected chi connectivity index (χ2v) is 3.16. The molecule has 1 heterocycles. The molecule has 0 unspecified atom stereocenters. The van der Waals surface area contributed by atoms with Crippen molar-refractivity contribution >= 4 is 5.97 Å². The van der Waals surface area contributed by atoms with Crippen LogP contribution in [0.2, 0.25) is 0 Å². The van der Waals surface area contributed by atoms with Crippen molar-refractivity contribution in [3.63, 3.8) is 0 Å². The first-order chi connectivity index (χ1) is 7.66. The summed E-state index contributed by atoms with van der Waals surface area (Å²) in [6, 6.07) is 6.32. The molecule has 0 amide bonds. The lowest BCUT2D eigenvalue weighted by Crippen LogP contribution is -2.00. The fourth-order valence-corrected chi connectivity index (χ4v) is 1.19. The van der Waals surface area contributed by atoms with Crippen LogP contribution in [0.3, 0.4) is 0 Å². The molecule has 0 aliphatic carbocycles. The number of carboxylic acid groups (broad SMARTS) is 1. The Kier molecular flexibility index (Phi) is 2.55. The first-order valence-electron chi connectivity index (χ1n) is 4.54. The zero-order chi connectivity index (χ0) is 11.5. The van der Waals surface area contributed by atoms with Gasteiger partial charge in [-0.25, -0.2) is 4.79 Å². The summed E-state index contributed by atoms with van der Waals surface area (Å²) < 4.78 is 0. The maximum absolute atomic E-state index is 10.8. The lowest BCUT2D eigenvalue weighted by Gasteiger charge is -1.99. The van der Waals surface area contributed by atoms with Gasteiger partial charge in [0, 0.05) is 5.56 Å². The summed E-state index contributed by atoms with van der Waals surface area (Å²) >= 11 is 0. The predicted molar refractivity (Wildman–Crippen MR) is 54.8 cm³/mol. The van der Waals surface area contributed by atoms with Crippen LogP contribution in [0.25, 0.3) is 11.4 Å². The standard InChI is InChI=1S/C10H8N4O2/c1-6-11-13-9(14-12-6)7-3-2-4-8(5-7)10(15)16/h2-5H,1H3,(H,15,16). The second kappa shape index (κ2) is 4.01. The Hall–Kier alpha value is -2.37. The highest BCUT2D eigenvalue weighted by Crippen LogP contribution is 2.14. The van der Waals surface area contributed by atoms with Gasteiger partial charge in [0.15, 0.2) is 5.82 Å². The maximum Gasteiger partial charge on any atom is 0.335 e. The molecule has 1 aromatic heterocycles. The molecule has 1 aromatic carbocycles. The smallest absolute Gasteiger partial charge is 0.335 e. The zero-order valence-corrected chi connectivity index (χ0v) is 8.45. The SMILES string of the molecule is Cc1nnc(-c2cccc(C(=O)O)c2)nn1. The van der Waals surface area contributed by atoms with E-state index in [-0.39, 0.29) is 5.56 Å². The van der Waals surface area contributed by atoms with Crippen LogP contribution in [-0.2, 0) is 0 Å². The average molecular weight is 216 g/mol. The summed E-state index contributed by atoms with van der Waals surface area (Å²) in [5.74, 6) is -0.207. The predicted octanol–water partition coefficient (Wildman–Crippen LogP) is 0.940. The van der Waals surface area contributed by atoms with Crippen LogP contribution >= 0.6 is 0 Å². The van der Waals surface area contributed by atoms with Crippen LogP contribution < -0.4 is 0 Å². The zero-order valence-electron chi connectivity index (χ0n) is 8.45. The van der Waals surface area contributed by atoms with E-state index in [1.165, 1.54) is 12.1 Å². The fourth-order valence-electron chi connectivity index (χ4n) is 1.19. The van der Waals surface area contributed by atoms with Gasteiger partial charge in [-0.15, -0.1) is 20.4 Å². The van der Waals surface area contributed by atoms with Gasteiger partial charge in [0.05, 0.1) is 5.56 Å². The first kappa shape index (κ1) is 10.2. The Morgan fingerprint density at radius 3 is 2.50 bits per heavy atom. The van der Waals surface area contributed by atoms with E-state index < -0.39 is 5.97 Å². The third kappa shape index (κ3) is 2.00. The summed E-state index contributed by atoms with van der Waals surface area (Å²) in [5.41, 5.74) is 0.765. The molecule has 16 heavy (non-hydrogen) atoms. The van der Waals surface area contributed by atoms with E-state index in [1.54, 1.807) is 19.1 Å². The molecule has 2 rings (SSSR count). The van der Waals surface area contributed by atoms with Crippen molar-refractivity contribution in [2.75, 3.05) is 0 Å². The highest BCUT2D eigenvalue weighted by atomic mass is 16.4. The highest BCUT2D eigenvalue weighted by Gasteiger charge is 2.07. The van der Waals surface area contributed by atoms with Gasteiger partial charge < -0.3 is 5.11 Å². The van der Waals surface area contributed by atoms with Gasteiger partial charge in [-0.05, 0) is 19.1 Å². The summed E-state index contributed by atoms with van der Waals surface area (Å²) in [4.78, 5) is 10.8. The molecule has 6 nitrogen and oxygen atoms in total. The van der Waals surface area contributed by atoms with Crippen LogP contribution in [-0.4, -0.2) is 31.5 Å². The Balaban J connectivity index is 2.44. The monoisotopic (exact) mass is 216 g/mol. The van der Waals surface area contributed by atoms with Gasteiger partial charge in [0.2, 0.25) is 5.82 Å². The minimum Gasteiger partial charge on any atom is -0.478 e. The van der Waals surface area contributed by atoms with Crippen molar-refractivity contribution in [2.24, 2.45) is 0 Å². The van der Waals surface area contributed by atoms with E-state index >= 15 is 0 Å². The quantitative estimate of drug-likeness (QED) is 0.803. The summed E-state index contributed by atoms with van der Waals surface area (Å²) in [6.45, 7) is 1.68. The molecule has 0 radical (unpaired) electrons. The lowest BCUT2D eigenvalue weighted by atomic mass is 10.1. The minimum atomic E-state index is -0.991. The van der Waals surface area contributed by atoms with E-state index in [0.29, 0.717) is 17.2 Å². The number of carbonyl (C=O) groups is 1. The van der Waals surface area contributed by atoms with Crippen LogP contribution in [0, 0.1) is 6.92 Å². The number of benzene rings is 1. The second-order valence-electron chi connectivity index (χ2n) is 3.16. The molecule has 0 bridgehead atoms. The van der Waals surface area contributed by atoms with Gasteiger partial charge in [-0.3, -0.25) is 0 Å². The highest BCUT2D eigenvalue weighted by molar-refractivity contribution is 5.88. The number of rotatable bonds is 2. The van der Waals surface area contributed by atoms with E-state index in [1.807, 2.05) is 0 Å². The molecule has 6 heteroatoms. The van der Waals surface area contributed by atoms with Crippen molar-refractivity contribution in [2.45, 2.75) is 6.92 Å². The third-order valence-electron chi connectivity index (χ3n) is 1.95. The van der Waals surface area contributed by atoms with Crippen molar-refractivity contribution in [3.05, 3.63) is 35.7 Å². The molecule has 0 fully saturated rings. The number of carboxylic acids is 1. The van der Waals surface area contributed by atoms with Crippen molar-refractivity contribution in [3.8, 4) is 11.4 Å². The van der Waals surface area contributed by atoms with E-state index in [4.69, 9.17) is 5.11 Å². The van der Waals surface area contributed by atoms with Gasteiger partial charge in [-0.2, -0.15) is 0 Å². The molecule has 0 saturated carbocycles. The summed E-state index contributed by atoms with van der Waals surface area (Å²) in [5, 5.41) is 24.0. The van der Waals surface area contributed by atoms with Gasteiger partial charge in [0.25, 0.3) is 0 Å². The van der Waals surface area contributed by atoms with Crippen LogP contribution in [0.15, 0.2) is 24.3 Å². The summed E-state index contributed by atoms with van der Waals surface area (Å²) in [6.07, 6.45) is 0. The molecule has 1 N–H and O–H groups in total. The van der Waals surface area contributed by atoms with Gasteiger partial charge in [0.1, 0.15) is 0 Å². The number of hydrogen-bond donors (Lipinski definition) is 1. The first-order valence-corrected chi connectivity index (χ1v) is 4.54. The van der Waals surface area contributed by atoms with Crippen LogP contribution in [0.4, 0.5) is 0 Å². The Labute approximate surface area is 91.0 Å². The summed E-state index contributed by atoms with van der Waals surface area (Å²) in [7, 11) is 0. The number of aryl methyl sites for hydroxylation is 1. The molecule has 80 valence electrons. The normalized spacial score (nSPS) is 10.1. The lowest BCUT2D eigenvalue weighted by molar-refractivity contribution is 0.0697. The molecule has 0 aliphatic rings. The largest absolute Gasteiger partial charge is 0.478 e. The fraction of sp³-hybridized carbons (Fsp3) is 0.100. The molecule has 0 spiro atoms. The number of aromatic carboxylic acids is 1. The van der Waals surface area contributed by atoms with E-state index in [9.17, 15) is 4.79 Å². The van der Waals surface area contributed by atoms with Crippen molar-refractivity contribution in [1.82, 2.24) is 20.4 Å². The molecular formula is C10H8N4O2. The van der Waals surface area contributed by atoms with E-state index in [0.717, 1.165) is 0 Å². The molecule has 2 aromatic rings. The van der Waals surface area contributed by atoms with Gasteiger partial charge >= 0.3 is 5.97 Å². The average Bonchev–Trinajstić information content (AvgIpc) is 2.30. The van der Waals surface area contributed by atoms with E-state index in [2.05, 4.69) is 20.4 Å².